The van der Waals surface area contributed by atoms with Gasteiger partial charge in [-0.2, -0.15) is 0 Å². The Morgan fingerprint density at radius 1 is 1.10 bits per heavy atom. The van der Waals surface area contributed by atoms with Crippen molar-refractivity contribution in [2.24, 2.45) is 5.73 Å². The third-order valence-electron chi connectivity index (χ3n) is 4.02. The van der Waals surface area contributed by atoms with Crippen molar-refractivity contribution in [3.8, 4) is 11.5 Å². The second-order valence-electron chi connectivity index (χ2n) is 6.24. The minimum atomic E-state index is -0.723. The first-order valence-corrected chi connectivity index (χ1v) is 8.59. The first-order chi connectivity index (χ1) is 14.0. The van der Waals surface area contributed by atoms with E-state index in [4.69, 9.17) is 10.5 Å². The molecule has 0 fully saturated rings. The molecule has 0 saturated heterocycles. The lowest BCUT2D eigenvalue weighted by molar-refractivity contribution is -0.117. The Kier molecular flexibility index (Phi) is 4.78. The summed E-state index contributed by atoms with van der Waals surface area (Å²) in [6.45, 7) is 0. The molecule has 1 amide bonds. The molecule has 0 aliphatic rings. The highest BCUT2D eigenvalue weighted by Crippen LogP contribution is 2.27. The van der Waals surface area contributed by atoms with Crippen LogP contribution in [0.5, 0.6) is 11.5 Å². The maximum atomic E-state index is 13.8. The number of carbonyl (C=O) groups excluding carboxylic acids is 1. The molecule has 4 N–H and O–H groups in total. The van der Waals surface area contributed by atoms with E-state index in [0.717, 1.165) is 12.1 Å². The van der Waals surface area contributed by atoms with Gasteiger partial charge in [0.25, 0.3) is 0 Å². The number of primary amides is 1. The van der Waals surface area contributed by atoms with Gasteiger partial charge in [0, 0.05) is 24.4 Å². The summed E-state index contributed by atoms with van der Waals surface area (Å²) < 4.78 is 32.7. The van der Waals surface area contributed by atoms with E-state index in [1.165, 1.54) is 12.3 Å². The summed E-state index contributed by atoms with van der Waals surface area (Å²) in [5.74, 6) is -0.534. The summed E-state index contributed by atoms with van der Waals surface area (Å²) in [5, 5.41) is 2.78. The number of amides is 1. The number of aromatic amines is 1. The fraction of sp³-hybridized carbons (Fsp3) is 0.0500. The van der Waals surface area contributed by atoms with Crippen LogP contribution in [-0.4, -0.2) is 20.9 Å². The Bertz CT molecular complexity index is 1210. The number of aromatic nitrogens is 3. The van der Waals surface area contributed by atoms with Gasteiger partial charge in [-0.15, -0.1) is 0 Å². The lowest BCUT2D eigenvalue weighted by atomic mass is 10.2. The number of pyridine rings is 1. The second-order valence-corrected chi connectivity index (χ2v) is 6.24. The fourth-order valence-corrected chi connectivity index (χ4v) is 2.76. The molecule has 9 heteroatoms. The molecule has 2 heterocycles. The number of nitrogens with one attached hydrogen (secondary N) is 2. The van der Waals surface area contributed by atoms with Gasteiger partial charge in [-0.25, -0.2) is 13.8 Å². The molecule has 29 heavy (non-hydrogen) atoms. The number of H-pyrrole nitrogens is 1. The highest BCUT2D eigenvalue weighted by Gasteiger charge is 2.09. The third kappa shape index (κ3) is 4.29. The maximum absolute atomic E-state index is 13.8. The van der Waals surface area contributed by atoms with Crippen LogP contribution in [0, 0.1) is 11.6 Å². The molecule has 0 bridgehead atoms. The summed E-state index contributed by atoms with van der Waals surface area (Å²) in [5.41, 5.74) is 7.07. The number of ether oxygens (including phenoxy) is 1. The molecule has 0 aliphatic carbocycles. The molecule has 0 saturated carbocycles. The van der Waals surface area contributed by atoms with Gasteiger partial charge in [0.2, 0.25) is 11.9 Å². The fourth-order valence-electron chi connectivity index (χ4n) is 2.76. The van der Waals surface area contributed by atoms with Crippen LogP contribution in [0.2, 0.25) is 0 Å². The Balaban J connectivity index is 1.55. The minimum absolute atomic E-state index is 0.0196. The van der Waals surface area contributed by atoms with Crippen molar-refractivity contribution < 1.29 is 18.3 Å². The van der Waals surface area contributed by atoms with Crippen molar-refractivity contribution in [2.75, 3.05) is 5.32 Å². The van der Waals surface area contributed by atoms with Crippen LogP contribution >= 0.6 is 0 Å². The predicted octanol–water partition coefficient (Wildman–Crippen LogP) is 3.80. The molecule has 146 valence electrons. The third-order valence-corrected chi connectivity index (χ3v) is 4.02. The average Bonchev–Trinajstić information content (AvgIpc) is 3.05. The first kappa shape index (κ1) is 18.4. The normalized spacial score (nSPS) is 10.8. The van der Waals surface area contributed by atoms with Crippen molar-refractivity contribution >= 4 is 28.6 Å². The van der Waals surface area contributed by atoms with E-state index in [1.807, 2.05) is 0 Å². The second kappa shape index (κ2) is 7.55. The quantitative estimate of drug-likeness (QED) is 0.460. The van der Waals surface area contributed by atoms with Crippen LogP contribution in [0.4, 0.5) is 20.4 Å². The summed E-state index contributed by atoms with van der Waals surface area (Å²) in [7, 11) is 0. The summed E-state index contributed by atoms with van der Waals surface area (Å²) in [6.07, 6.45) is 1.55. The number of fused-ring (bicyclic) bond motifs is 1. The first-order valence-electron chi connectivity index (χ1n) is 8.59. The zero-order chi connectivity index (χ0) is 20.4. The van der Waals surface area contributed by atoms with Crippen molar-refractivity contribution in [1.29, 1.82) is 0 Å². The van der Waals surface area contributed by atoms with E-state index in [9.17, 15) is 13.6 Å². The number of hydrogen-bond donors (Lipinski definition) is 3. The number of nitrogens with zero attached hydrogens (tertiary/aromatic N) is 2. The van der Waals surface area contributed by atoms with Gasteiger partial charge >= 0.3 is 0 Å². The molecule has 7 nitrogen and oxygen atoms in total. The maximum Gasteiger partial charge on any atom is 0.223 e. The number of anilines is 2. The molecule has 0 spiro atoms. The van der Waals surface area contributed by atoms with Gasteiger partial charge in [-0.1, -0.05) is 0 Å². The number of halogens is 2. The van der Waals surface area contributed by atoms with E-state index in [0.29, 0.717) is 34.2 Å². The Morgan fingerprint density at radius 3 is 2.72 bits per heavy atom. The molecule has 4 aromatic rings. The van der Waals surface area contributed by atoms with Gasteiger partial charge in [0.1, 0.15) is 23.1 Å². The van der Waals surface area contributed by atoms with Gasteiger partial charge < -0.3 is 20.8 Å². The number of nitrogens with two attached hydrogens (primary N) is 1. The molecule has 2 aromatic heterocycles. The topological polar surface area (TPSA) is 106 Å². The van der Waals surface area contributed by atoms with Crippen LogP contribution in [0.15, 0.2) is 54.7 Å². The van der Waals surface area contributed by atoms with Crippen molar-refractivity contribution in [2.45, 2.75) is 6.42 Å². The minimum Gasteiger partial charge on any atom is -0.457 e. The van der Waals surface area contributed by atoms with Crippen LogP contribution in [-0.2, 0) is 11.2 Å². The molecule has 0 aliphatic heterocycles. The zero-order valence-corrected chi connectivity index (χ0v) is 14.9. The van der Waals surface area contributed by atoms with E-state index < -0.39 is 17.5 Å². The Hall–Kier alpha value is -4.01. The molecule has 0 atom stereocenters. The molecular formula is C20H15F2N5O2. The highest BCUT2D eigenvalue weighted by atomic mass is 19.1. The number of hydrogen-bond acceptors (Lipinski definition) is 5. The highest BCUT2D eigenvalue weighted by molar-refractivity contribution is 5.80. The molecule has 4 rings (SSSR count). The summed E-state index contributed by atoms with van der Waals surface area (Å²) >= 11 is 0. The van der Waals surface area contributed by atoms with Gasteiger partial charge in [0.05, 0.1) is 28.8 Å². The largest absolute Gasteiger partial charge is 0.457 e. The lowest BCUT2D eigenvalue weighted by Crippen LogP contribution is -2.14. The monoisotopic (exact) mass is 395 g/mol. The van der Waals surface area contributed by atoms with Crippen LogP contribution in [0.25, 0.3) is 11.0 Å². The van der Waals surface area contributed by atoms with Crippen molar-refractivity contribution in [3.05, 3.63) is 72.1 Å². The smallest absolute Gasteiger partial charge is 0.223 e. The Morgan fingerprint density at radius 2 is 1.93 bits per heavy atom. The van der Waals surface area contributed by atoms with Crippen LogP contribution in [0.3, 0.4) is 0 Å². The van der Waals surface area contributed by atoms with Crippen LogP contribution < -0.4 is 15.8 Å². The standard InChI is InChI=1S/C20H15F2N5O2/c21-11-1-3-16(15(22)7-11)25-20-26-17-4-2-13(10-18(17)27-20)29-14-5-6-24-12(8-14)9-19(23)28/h1-8,10H,9H2,(H2,23,28)(H2,25,26,27). The number of rotatable bonds is 6. The van der Waals surface area contributed by atoms with E-state index >= 15 is 0 Å². The van der Waals surface area contributed by atoms with Crippen molar-refractivity contribution in [3.63, 3.8) is 0 Å². The Labute approximate surface area is 163 Å². The lowest BCUT2D eigenvalue weighted by Gasteiger charge is -2.06. The number of benzene rings is 2. The van der Waals surface area contributed by atoms with Gasteiger partial charge in [0.15, 0.2) is 0 Å². The van der Waals surface area contributed by atoms with Crippen molar-refractivity contribution in [1.82, 2.24) is 15.0 Å². The SMILES string of the molecule is NC(=O)Cc1cc(Oc2ccc3nc(Nc4ccc(F)cc4F)[nH]c3c2)ccn1. The van der Waals surface area contributed by atoms with E-state index in [2.05, 4.69) is 20.3 Å². The summed E-state index contributed by atoms with van der Waals surface area (Å²) in [4.78, 5) is 22.4. The molecule has 0 unspecified atom stereocenters. The predicted molar refractivity (Wildman–Crippen MR) is 103 cm³/mol. The van der Waals surface area contributed by atoms with Gasteiger partial charge in [-0.05, 0) is 30.3 Å². The molecular weight excluding hydrogens is 380 g/mol. The van der Waals surface area contributed by atoms with E-state index in [-0.39, 0.29) is 12.1 Å². The number of carbonyl (C=O) groups is 1. The van der Waals surface area contributed by atoms with Crippen LogP contribution in [0.1, 0.15) is 5.69 Å². The zero-order valence-electron chi connectivity index (χ0n) is 14.9. The van der Waals surface area contributed by atoms with E-state index in [1.54, 1.807) is 30.3 Å². The van der Waals surface area contributed by atoms with Gasteiger partial charge in [-0.3, -0.25) is 9.78 Å². The molecule has 0 radical (unpaired) electrons. The average molecular weight is 395 g/mol. The molecule has 2 aromatic carbocycles. The summed E-state index contributed by atoms with van der Waals surface area (Å²) in [6, 6.07) is 11.7. The number of imidazole rings is 1.